The van der Waals surface area contributed by atoms with E-state index in [2.05, 4.69) is 43.0 Å². The number of carbonyl (C=O) groups is 2. The fourth-order valence-corrected chi connectivity index (χ4v) is 2.63. The molecule has 0 amide bonds. The second-order valence-electron chi connectivity index (χ2n) is 5.98. The van der Waals surface area contributed by atoms with Crippen molar-refractivity contribution in [1.82, 2.24) is 0 Å². The minimum Gasteiger partial charge on any atom is -0.478 e. The molecule has 1 aromatic carbocycles. The van der Waals surface area contributed by atoms with Gasteiger partial charge in [-0.25, -0.2) is 9.59 Å². The van der Waals surface area contributed by atoms with Crippen LogP contribution in [0.1, 0.15) is 38.2 Å². The normalized spacial score (nSPS) is 17.0. The summed E-state index contributed by atoms with van der Waals surface area (Å²) in [4.78, 5) is 21.6. The molecule has 1 saturated heterocycles. The molecule has 2 rings (SSSR count). The van der Waals surface area contributed by atoms with Gasteiger partial charge in [0.1, 0.15) is 0 Å². The third-order valence-electron chi connectivity index (χ3n) is 3.89. The number of hydrogen-bond acceptors (Lipinski definition) is 4. The molecule has 132 valence electrons. The molecule has 0 aliphatic carbocycles. The molecule has 1 fully saturated rings. The fraction of sp³-hybridized carbons (Fsp3) is 0.444. The van der Waals surface area contributed by atoms with Crippen molar-refractivity contribution in [3.8, 4) is 0 Å². The summed E-state index contributed by atoms with van der Waals surface area (Å²) in [5, 5.41) is 15.6. The van der Waals surface area contributed by atoms with Gasteiger partial charge in [0, 0.05) is 37.0 Å². The van der Waals surface area contributed by atoms with Crippen molar-refractivity contribution in [2.24, 2.45) is 5.73 Å². The van der Waals surface area contributed by atoms with Gasteiger partial charge in [0.25, 0.3) is 0 Å². The topological polar surface area (TPSA) is 104 Å². The van der Waals surface area contributed by atoms with Crippen molar-refractivity contribution < 1.29 is 19.8 Å². The Morgan fingerprint density at radius 3 is 2.42 bits per heavy atom. The van der Waals surface area contributed by atoms with Crippen LogP contribution in [-0.2, 0) is 9.59 Å². The van der Waals surface area contributed by atoms with Crippen LogP contribution in [0.5, 0.6) is 0 Å². The van der Waals surface area contributed by atoms with Crippen LogP contribution < -0.4 is 10.6 Å². The van der Waals surface area contributed by atoms with Crippen molar-refractivity contribution in [3.63, 3.8) is 0 Å². The van der Waals surface area contributed by atoms with E-state index < -0.39 is 11.9 Å². The van der Waals surface area contributed by atoms with Crippen LogP contribution in [0.15, 0.2) is 36.4 Å². The molecule has 1 aromatic rings. The number of rotatable bonds is 5. The lowest BCUT2D eigenvalue weighted by Crippen LogP contribution is -2.35. The standard InChI is InChI=1S/C14H22N2.C4H4O4/c1-11(2)12-5-3-6-13(9-12)16-8-4-7-14(16)10-15;5-3(6)1-2-4(7)8/h3,5-6,9,11,14H,4,7-8,10,15H2,1-2H3;1-2H,(H,5,6)(H,7,8)/b;2-1+. The van der Waals surface area contributed by atoms with Crippen molar-refractivity contribution in [1.29, 1.82) is 0 Å². The average molecular weight is 334 g/mol. The summed E-state index contributed by atoms with van der Waals surface area (Å²) in [6.07, 6.45) is 3.63. The van der Waals surface area contributed by atoms with Gasteiger partial charge < -0.3 is 20.8 Å². The molecule has 1 atom stereocenters. The average Bonchev–Trinajstić information content (AvgIpc) is 3.02. The van der Waals surface area contributed by atoms with E-state index >= 15 is 0 Å². The summed E-state index contributed by atoms with van der Waals surface area (Å²) >= 11 is 0. The van der Waals surface area contributed by atoms with Gasteiger partial charge in [-0.15, -0.1) is 0 Å². The Balaban J connectivity index is 0.000000307. The molecule has 0 bridgehead atoms. The van der Waals surface area contributed by atoms with E-state index in [0.717, 1.165) is 13.1 Å². The number of aliphatic carboxylic acids is 2. The van der Waals surface area contributed by atoms with Crippen molar-refractivity contribution >= 4 is 17.6 Å². The highest BCUT2D eigenvalue weighted by molar-refractivity contribution is 5.89. The van der Waals surface area contributed by atoms with Crippen LogP contribution in [0.25, 0.3) is 0 Å². The van der Waals surface area contributed by atoms with Crippen molar-refractivity contribution in [2.45, 2.75) is 38.6 Å². The Morgan fingerprint density at radius 1 is 1.29 bits per heavy atom. The summed E-state index contributed by atoms with van der Waals surface area (Å²) in [5.41, 5.74) is 8.58. The zero-order valence-electron chi connectivity index (χ0n) is 14.2. The highest BCUT2D eigenvalue weighted by Gasteiger charge is 2.23. The van der Waals surface area contributed by atoms with Crippen molar-refractivity contribution in [2.75, 3.05) is 18.0 Å². The molecule has 1 heterocycles. The molecule has 0 spiro atoms. The lowest BCUT2D eigenvalue weighted by Gasteiger charge is -2.26. The van der Waals surface area contributed by atoms with E-state index in [9.17, 15) is 9.59 Å². The van der Waals surface area contributed by atoms with Gasteiger partial charge in [0.15, 0.2) is 0 Å². The number of hydrogen-bond donors (Lipinski definition) is 3. The summed E-state index contributed by atoms with van der Waals surface area (Å²) in [7, 11) is 0. The van der Waals surface area contributed by atoms with Crippen LogP contribution in [-0.4, -0.2) is 41.3 Å². The van der Waals surface area contributed by atoms with Gasteiger partial charge in [-0.1, -0.05) is 26.0 Å². The SMILES string of the molecule is CC(C)c1cccc(N2CCCC2CN)c1.O=C(O)/C=C/C(=O)O. The zero-order valence-corrected chi connectivity index (χ0v) is 14.2. The van der Waals surface area contributed by atoms with Gasteiger partial charge >= 0.3 is 11.9 Å². The van der Waals surface area contributed by atoms with Crippen LogP contribution in [0.3, 0.4) is 0 Å². The van der Waals surface area contributed by atoms with E-state index in [1.807, 2.05) is 0 Å². The predicted octanol–water partition coefficient (Wildman–Crippen LogP) is 2.45. The molecule has 1 aliphatic heterocycles. The highest BCUT2D eigenvalue weighted by Crippen LogP contribution is 2.27. The quantitative estimate of drug-likeness (QED) is 0.715. The monoisotopic (exact) mass is 334 g/mol. The third kappa shape index (κ3) is 6.42. The van der Waals surface area contributed by atoms with Crippen LogP contribution in [0.2, 0.25) is 0 Å². The lowest BCUT2D eigenvalue weighted by atomic mass is 10.0. The number of nitrogens with zero attached hydrogens (tertiary/aromatic N) is 1. The number of nitrogens with two attached hydrogens (primary N) is 1. The van der Waals surface area contributed by atoms with Crippen LogP contribution in [0.4, 0.5) is 5.69 Å². The second-order valence-corrected chi connectivity index (χ2v) is 5.98. The highest BCUT2D eigenvalue weighted by atomic mass is 16.4. The first-order valence-electron chi connectivity index (χ1n) is 8.05. The summed E-state index contributed by atoms with van der Waals surface area (Å²) in [6, 6.07) is 9.44. The molecule has 0 aromatic heterocycles. The first-order valence-corrected chi connectivity index (χ1v) is 8.05. The Morgan fingerprint density at radius 2 is 1.92 bits per heavy atom. The van der Waals surface area contributed by atoms with E-state index in [-0.39, 0.29) is 0 Å². The molecule has 6 nitrogen and oxygen atoms in total. The zero-order chi connectivity index (χ0) is 18.1. The van der Waals surface area contributed by atoms with E-state index in [1.54, 1.807) is 0 Å². The second kappa shape index (κ2) is 9.72. The molecule has 6 heteroatoms. The Kier molecular flexibility index (Phi) is 7.98. The molecule has 1 unspecified atom stereocenters. The first-order chi connectivity index (χ1) is 11.3. The summed E-state index contributed by atoms with van der Waals surface area (Å²) in [5.74, 6) is -1.92. The molecular weight excluding hydrogens is 308 g/mol. The molecule has 0 saturated carbocycles. The van der Waals surface area contributed by atoms with Gasteiger partial charge in [-0.05, 0) is 36.5 Å². The maximum Gasteiger partial charge on any atom is 0.328 e. The largest absolute Gasteiger partial charge is 0.478 e. The van der Waals surface area contributed by atoms with E-state index in [0.29, 0.717) is 24.1 Å². The van der Waals surface area contributed by atoms with Crippen LogP contribution in [0, 0.1) is 0 Å². The maximum absolute atomic E-state index is 9.55. The van der Waals surface area contributed by atoms with Gasteiger partial charge in [0.05, 0.1) is 0 Å². The molecular formula is C18H26N2O4. The van der Waals surface area contributed by atoms with E-state index in [4.69, 9.17) is 15.9 Å². The van der Waals surface area contributed by atoms with Crippen LogP contribution >= 0.6 is 0 Å². The summed E-state index contributed by atoms with van der Waals surface area (Å²) in [6.45, 7) is 6.41. The van der Waals surface area contributed by atoms with E-state index in [1.165, 1.54) is 24.1 Å². The van der Waals surface area contributed by atoms with Crippen molar-refractivity contribution in [3.05, 3.63) is 42.0 Å². The smallest absolute Gasteiger partial charge is 0.328 e. The van der Waals surface area contributed by atoms with Gasteiger partial charge in [-0.2, -0.15) is 0 Å². The molecule has 1 aliphatic rings. The Bertz CT molecular complexity index is 568. The Labute approximate surface area is 142 Å². The van der Waals surface area contributed by atoms with Gasteiger partial charge in [-0.3, -0.25) is 0 Å². The third-order valence-corrected chi connectivity index (χ3v) is 3.89. The summed E-state index contributed by atoms with van der Waals surface area (Å²) < 4.78 is 0. The number of anilines is 1. The fourth-order valence-electron chi connectivity index (χ4n) is 2.63. The molecule has 0 radical (unpaired) electrons. The molecule has 24 heavy (non-hydrogen) atoms. The maximum atomic E-state index is 9.55. The lowest BCUT2D eigenvalue weighted by molar-refractivity contribution is -0.134. The predicted molar refractivity (Wildman–Crippen MR) is 94.4 cm³/mol. The number of benzene rings is 1. The number of carboxylic acids is 2. The minimum atomic E-state index is -1.26. The Hall–Kier alpha value is -2.34. The first kappa shape index (κ1) is 19.7. The number of carboxylic acid groups (broad SMARTS) is 2. The minimum absolute atomic E-state index is 0.544. The molecule has 4 N–H and O–H groups in total. The van der Waals surface area contributed by atoms with Gasteiger partial charge in [0.2, 0.25) is 0 Å².